The fourth-order valence-corrected chi connectivity index (χ4v) is 0.814. The van der Waals surface area contributed by atoms with Gasteiger partial charge in [0.2, 0.25) is 0 Å². The first-order valence-corrected chi connectivity index (χ1v) is 3.15. The van der Waals surface area contributed by atoms with Crippen LogP contribution in [0.15, 0.2) is 0 Å². The Morgan fingerprint density at radius 3 is 3.20 bits per heavy atom. The molecule has 1 radical (unpaired) electrons. The van der Waals surface area contributed by atoms with Crippen molar-refractivity contribution in [1.29, 1.82) is 0 Å². The maximum absolute atomic E-state index is 9.51. The first-order valence-electron chi connectivity index (χ1n) is 3.15. The molecular weight excluding hydrogens is 136 g/mol. The quantitative estimate of drug-likeness (QED) is 0.418. The van der Waals surface area contributed by atoms with Crippen molar-refractivity contribution >= 4 is 6.47 Å². The van der Waals surface area contributed by atoms with Crippen molar-refractivity contribution in [1.82, 2.24) is 0 Å². The maximum atomic E-state index is 9.51. The van der Waals surface area contributed by atoms with E-state index in [0.29, 0.717) is 0 Å². The predicted octanol–water partition coefficient (Wildman–Crippen LogP) is 0.181. The SMILES string of the molecule is O=[C]OCOC1CCCO1. The number of ether oxygens (including phenoxy) is 3. The highest BCUT2D eigenvalue weighted by Gasteiger charge is 2.15. The zero-order valence-corrected chi connectivity index (χ0v) is 5.54. The van der Waals surface area contributed by atoms with E-state index in [2.05, 4.69) is 4.74 Å². The lowest BCUT2D eigenvalue weighted by atomic mass is 10.4. The fourth-order valence-electron chi connectivity index (χ4n) is 0.814. The van der Waals surface area contributed by atoms with E-state index in [0.717, 1.165) is 19.4 Å². The van der Waals surface area contributed by atoms with Crippen molar-refractivity contribution in [2.75, 3.05) is 13.4 Å². The van der Waals surface area contributed by atoms with E-state index in [9.17, 15) is 4.79 Å². The third-order valence-corrected chi connectivity index (χ3v) is 1.26. The Hall–Kier alpha value is -0.610. The molecule has 57 valence electrons. The first kappa shape index (κ1) is 7.50. The molecule has 1 atom stereocenters. The van der Waals surface area contributed by atoms with Crippen molar-refractivity contribution in [3.05, 3.63) is 0 Å². The summed E-state index contributed by atoms with van der Waals surface area (Å²) in [5.41, 5.74) is 0. The molecular formula is C6H9O4. The van der Waals surface area contributed by atoms with E-state index in [4.69, 9.17) is 9.47 Å². The Bertz CT molecular complexity index is 97.9. The van der Waals surface area contributed by atoms with Gasteiger partial charge in [0.05, 0.1) is 0 Å². The molecule has 0 N–H and O–H groups in total. The summed E-state index contributed by atoms with van der Waals surface area (Å²) in [5, 5.41) is 0. The minimum Gasteiger partial charge on any atom is -0.430 e. The van der Waals surface area contributed by atoms with E-state index in [1.54, 1.807) is 0 Å². The van der Waals surface area contributed by atoms with Crippen molar-refractivity contribution < 1.29 is 19.0 Å². The summed E-state index contributed by atoms with van der Waals surface area (Å²) in [6.07, 6.45) is 1.70. The van der Waals surface area contributed by atoms with Crippen LogP contribution < -0.4 is 0 Å². The number of hydrogen-bond donors (Lipinski definition) is 0. The second-order valence-electron chi connectivity index (χ2n) is 1.95. The van der Waals surface area contributed by atoms with Gasteiger partial charge >= 0.3 is 6.47 Å². The summed E-state index contributed by atoms with van der Waals surface area (Å²) in [6, 6.07) is 0. The minimum atomic E-state index is -0.187. The summed E-state index contributed by atoms with van der Waals surface area (Å²) in [5.74, 6) is 0. The van der Waals surface area contributed by atoms with Crippen LogP contribution in [0, 0.1) is 0 Å². The zero-order valence-electron chi connectivity index (χ0n) is 5.54. The van der Waals surface area contributed by atoms with Crippen LogP contribution >= 0.6 is 0 Å². The Balaban J connectivity index is 1.96. The van der Waals surface area contributed by atoms with Crippen LogP contribution in [-0.4, -0.2) is 26.2 Å². The lowest BCUT2D eigenvalue weighted by Gasteiger charge is -2.07. The maximum Gasteiger partial charge on any atom is 0.419 e. The van der Waals surface area contributed by atoms with Gasteiger partial charge in [0.15, 0.2) is 13.1 Å². The van der Waals surface area contributed by atoms with Crippen LogP contribution in [0.2, 0.25) is 0 Å². The number of hydrogen-bond acceptors (Lipinski definition) is 4. The predicted molar refractivity (Wildman–Crippen MR) is 31.7 cm³/mol. The third kappa shape index (κ3) is 2.33. The molecule has 4 nitrogen and oxygen atoms in total. The van der Waals surface area contributed by atoms with Crippen LogP contribution in [0.1, 0.15) is 12.8 Å². The minimum absolute atomic E-state index is 0.0613. The summed E-state index contributed by atoms with van der Waals surface area (Å²) in [4.78, 5) is 9.51. The monoisotopic (exact) mass is 145 g/mol. The van der Waals surface area contributed by atoms with Crippen molar-refractivity contribution in [2.45, 2.75) is 19.1 Å². The number of rotatable bonds is 4. The van der Waals surface area contributed by atoms with Crippen LogP contribution in [0.4, 0.5) is 0 Å². The van der Waals surface area contributed by atoms with Crippen molar-refractivity contribution in [3.63, 3.8) is 0 Å². The van der Waals surface area contributed by atoms with Crippen LogP contribution in [0.5, 0.6) is 0 Å². The summed E-state index contributed by atoms with van der Waals surface area (Å²) < 4.78 is 14.2. The highest BCUT2D eigenvalue weighted by atomic mass is 16.8. The molecule has 1 rings (SSSR count). The second kappa shape index (κ2) is 4.24. The van der Waals surface area contributed by atoms with Crippen LogP contribution in [0.3, 0.4) is 0 Å². The zero-order chi connectivity index (χ0) is 7.23. The summed E-state index contributed by atoms with van der Waals surface area (Å²) in [7, 11) is 0. The van der Waals surface area contributed by atoms with Gasteiger partial charge in [-0.1, -0.05) is 0 Å². The van der Waals surface area contributed by atoms with Gasteiger partial charge in [0.1, 0.15) is 0 Å². The van der Waals surface area contributed by atoms with Crippen LogP contribution in [0.25, 0.3) is 0 Å². The molecule has 0 aromatic heterocycles. The highest BCUT2D eigenvalue weighted by molar-refractivity contribution is 5.37. The van der Waals surface area contributed by atoms with Gasteiger partial charge in [-0.15, -0.1) is 0 Å². The van der Waals surface area contributed by atoms with E-state index in [1.165, 1.54) is 6.47 Å². The van der Waals surface area contributed by atoms with Gasteiger partial charge in [-0.3, -0.25) is 0 Å². The molecule has 0 saturated carbocycles. The molecule has 1 saturated heterocycles. The van der Waals surface area contributed by atoms with Gasteiger partial charge in [0, 0.05) is 13.0 Å². The average Bonchev–Trinajstić information content (AvgIpc) is 2.41. The van der Waals surface area contributed by atoms with Crippen molar-refractivity contribution in [2.24, 2.45) is 0 Å². The standard InChI is InChI=1S/C6H9O4/c7-4-8-5-10-6-2-1-3-9-6/h6H,1-3,5H2. The van der Waals surface area contributed by atoms with Gasteiger partial charge in [0.25, 0.3) is 0 Å². The molecule has 1 heterocycles. The lowest BCUT2D eigenvalue weighted by Crippen LogP contribution is -2.12. The molecule has 1 aliphatic heterocycles. The first-order chi connectivity index (χ1) is 4.93. The molecule has 0 aromatic carbocycles. The molecule has 0 amide bonds. The van der Waals surface area contributed by atoms with Gasteiger partial charge in [-0.05, 0) is 6.42 Å². The van der Waals surface area contributed by atoms with Crippen molar-refractivity contribution in [3.8, 4) is 0 Å². The molecule has 0 aliphatic carbocycles. The number of carbonyl (C=O) groups excluding carboxylic acids is 1. The smallest absolute Gasteiger partial charge is 0.419 e. The van der Waals surface area contributed by atoms with Gasteiger partial charge in [-0.2, -0.15) is 0 Å². The normalized spacial score (nSPS) is 24.6. The molecule has 1 unspecified atom stereocenters. The molecule has 4 heteroatoms. The highest BCUT2D eigenvalue weighted by Crippen LogP contribution is 2.12. The topological polar surface area (TPSA) is 44.8 Å². The molecule has 0 bridgehead atoms. The largest absolute Gasteiger partial charge is 0.430 e. The summed E-state index contributed by atoms with van der Waals surface area (Å²) in [6.45, 7) is 1.93. The third-order valence-electron chi connectivity index (χ3n) is 1.26. The molecule has 1 aliphatic rings. The second-order valence-corrected chi connectivity index (χ2v) is 1.95. The Morgan fingerprint density at radius 2 is 2.60 bits per heavy atom. The van der Waals surface area contributed by atoms with E-state index >= 15 is 0 Å². The fraction of sp³-hybridized carbons (Fsp3) is 0.833. The van der Waals surface area contributed by atoms with Gasteiger partial charge < -0.3 is 14.2 Å². The van der Waals surface area contributed by atoms with E-state index in [1.807, 2.05) is 0 Å². The Morgan fingerprint density at radius 1 is 1.70 bits per heavy atom. The summed E-state index contributed by atoms with van der Waals surface area (Å²) >= 11 is 0. The van der Waals surface area contributed by atoms with E-state index < -0.39 is 0 Å². The molecule has 10 heavy (non-hydrogen) atoms. The molecule has 0 spiro atoms. The van der Waals surface area contributed by atoms with E-state index in [-0.39, 0.29) is 13.1 Å². The Kier molecular flexibility index (Phi) is 3.18. The molecule has 1 fully saturated rings. The average molecular weight is 145 g/mol. The Labute approximate surface area is 59.1 Å². The lowest BCUT2D eigenvalue weighted by molar-refractivity contribution is -0.152. The molecule has 0 aromatic rings. The van der Waals surface area contributed by atoms with Crippen LogP contribution in [-0.2, 0) is 19.0 Å². The van der Waals surface area contributed by atoms with Gasteiger partial charge in [-0.25, -0.2) is 4.79 Å².